The van der Waals surface area contributed by atoms with E-state index in [1.165, 1.54) is 0 Å². The zero-order chi connectivity index (χ0) is 9.41. The first-order valence-electron chi connectivity index (χ1n) is 4.47. The van der Waals surface area contributed by atoms with Crippen molar-refractivity contribution in [1.29, 1.82) is 0 Å². The summed E-state index contributed by atoms with van der Waals surface area (Å²) in [5, 5.41) is 8.13. The van der Waals surface area contributed by atoms with Crippen molar-refractivity contribution >= 4 is 5.78 Å². The molecule has 0 aromatic carbocycles. The van der Waals surface area contributed by atoms with Crippen molar-refractivity contribution in [3.63, 3.8) is 0 Å². The number of azo groups is 1. The number of hydrogen-bond acceptors (Lipinski definition) is 3. The summed E-state index contributed by atoms with van der Waals surface area (Å²) in [5.41, 5.74) is -1.10. The van der Waals surface area contributed by atoms with Gasteiger partial charge in [-0.15, -0.1) is 0 Å². The Morgan fingerprint density at radius 3 is 1.58 bits per heavy atom. The topological polar surface area (TPSA) is 41.8 Å². The van der Waals surface area contributed by atoms with Gasteiger partial charge in [0.15, 0.2) is 5.78 Å². The summed E-state index contributed by atoms with van der Waals surface area (Å²) in [6.45, 7) is 7.66. The molecule has 0 bridgehead atoms. The van der Waals surface area contributed by atoms with Gasteiger partial charge in [-0.3, -0.25) is 4.79 Å². The molecule has 1 rings (SSSR count). The van der Waals surface area contributed by atoms with E-state index in [2.05, 4.69) is 10.2 Å². The minimum absolute atomic E-state index is 0.167. The normalized spacial score (nSPS) is 40.8. The largest absolute Gasteiger partial charge is 0.294 e. The lowest BCUT2D eigenvalue weighted by Crippen LogP contribution is -2.41. The molecule has 3 nitrogen and oxygen atoms in total. The maximum atomic E-state index is 11.8. The maximum Gasteiger partial charge on any atom is 0.190 e. The van der Waals surface area contributed by atoms with E-state index in [9.17, 15) is 4.79 Å². The molecule has 0 saturated carbocycles. The number of carbonyl (C=O) groups is 1. The Balaban J connectivity index is 2.96. The monoisotopic (exact) mass is 168 g/mol. The van der Waals surface area contributed by atoms with Crippen LogP contribution < -0.4 is 0 Å². The van der Waals surface area contributed by atoms with E-state index < -0.39 is 11.1 Å². The first-order chi connectivity index (χ1) is 5.48. The summed E-state index contributed by atoms with van der Waals surface area (Å²) in [4.78, 5) is 11.8. The summed E-state index contributed by atoms with van der Waals surface area (Å²) in [5.74, 6) is 0.167. The minimum Gasteiger partial charge on any atom is -0.294 e. The molecule has 0 unspecified atom stereocenters. The molecule has 0 N–H and O–H groups in total. The molecular weight excluding hydrogens is 152 g/mol. The zero-order valence-electron chi connectivity index (χ0n) is 8.22. The van der Waals surface area contributed by atoms with Gasteiger partial charge in [0.05, 0.1) is 0 Å². The van der Waals surface area contributed by atoms with Gasteiger partial charge in [0.2, 0.25) is 0 Å². The maximum absolute atomic E-state index is 11.8. The first kappa shape index (κ1) is 9.36. The van der Waals surface area contributed by atoms with E-state index in [0.29, 0.717) is 0 Å². The van der Waals surface area contributed by atoms with Crippen LogP contribution in [0.1, 0.15) is 40.5 Å². The number of ketones is 1. The average molecular weight is 168 g/mol. The van der Waals surface area contributed by atoms with Crippen LogP contribution in [0.3, 0.4) is 0 Å². The Labute approximate surface area is 73.3 Å². The lowest BCUT2D eigenvalue weighted by atomic mass is 9.82. The van der Waals surface area contributed by atoms with Crippen molar-refractivity contribution in [3.05, 3.63) is 0 Å². The van der Waals surface area contributed by atoms with E-state index >= 15 is 0 Å². The van der Waals surface area contributed by atoms with Gasteiger partial charge in [-0.1, -0.05) is 13.8 Å². The van der Waals surface area contributed by atoms with Gasteiger partial charge in [0.1, 0.15) is 11.1 Å². The lowest BCUT2D eigenvalue weighted by molar-refractivity contribution is -0.126. The van der Waals surface area contributed by atoms with Crippen molar-refractivity contribution in [2.75, 3.05) is 0 Å². The third-order valence-electron chi connectivity index (χ3n) is 2.85. The second-order valence-electron chi connectivity index (χ2n) is 3.78. The van der Waals surface area contributed by atoms with Crippen LogP contribution in [-0.2, 0) is 4.79 Å². The molecule has 1 aliphatic heterocycles. The van der Waals surface area contributed by atoms with Crippen molar-refractivity contribution in [1.82, 2.24) is 0 Å². The van der Waals surface area contributed by atoms with Crippen LogP contribution in [0, 0.1) is 0 Å². The molecular formula is C9H16N2O. The second-order valence-corrected chi connectivity index (χ2v) is 3.78. The predicted molar refractivity (Wildman–Crippen MR) is 47.3 cm³/mol. The van der Waals surface area contributed by atoms with Crippen LogP contribution in [0.15, 0.2) is 10.2 Å². The molecule has 3 heteroatoms. The van der Waals surface area contributed by atoms with Gasteiger partial charge in [-0.2, -0.15) is 10.2 Å². The van der Waals surface area contributed by atoms with Crippen LogP contribution in [0.4, 0.5) is 0 Å². The molecule has 68 valence electrons. The highest BCUT2D eigenvalue weighted by atomic mass is 16.1. The Kier molecular flexibility index (Phi) is 2.06. The van der Waals surface area contributed by atoms with Gasteiger partial charge in [0, 0.05) is 0 Å². The Hall–Kier alpha value is -0.730. The van der Waals surface area contributed by atoms with Crippen LogP contribution >= 0.6 is 0 Å². The van der Waals surface area contributed by atoms with E-state index in [1.54, 1.807) is 0 Å². The van der Waals surface area contributed by atoms with Crippen molar-refractivity contribution in [3.8, 4) is 0 Å². The number of Topliss-reactive ketones (excluding diaryl/α,β-unsaturated/α-hetero) is 1. The van der Waals surface area contributed by atoms with Crippen LogP contribution in [0.5, 0.6) is 0 Å². The molecule has 0 aromatic rings. The van der Waals surface area contributed by atoms with E-state index in [0.717, 1.165) is 12.8 Å². The summed E-state index contributed by atoms with van der Waals surface area (Å²) < 4.78 is 0. The highest BCUT2D eigenvalue weighted by molar-refractivity contribution is 5.97. The number of nitrogens with zero attached hydrogens (tertiary/aromatic N) is 2. The molecule has 2 atom stereocenters. The zero-order valence-corrected chi connectivity index (χ0v) is 8.22. The van der Waals surface area contributed by atoms with Gasteiger partial charge in [-0.25, -0.2) is 0 Å². The van der Waals surface area contributed by atoms with Crippen LogP contribution in [0.2, 0.25) is 0 Å². The molecule has 0 radical (unpaired) electrons. The molecule has 0 saturated heterocycles. The Morgan fingerprint density at radius 2 is 1.42 bits per heavy atom. The van der Waals surface area contributed by atoms with E-state index in [1.807, 2.05) is 27.7 Å². The van der Waals surface area contributed by atoms with Crippen molar-refractivity contribution in [2.24, 2.45) is 10.2 Å². The van der Waals surface area contributed by atoms with Gasteiger partial charge in [-0.05, 0) is 26.7 Å². The third kappa shape index (κ3) is 1.08. The predicted octanol–water partition coefficient (Wildman–Crippen LogP) is 2.36. The molecule has 1 heterocycles. The summed E-state index contributed by atoms with van der Waals surface area (Å²) >= 11 is 0. The Morgan fingerprint density at radius 1 is 1.08 bits per heavy atom. The SMILES string of the molecule is CC[C@@]1(C)N=N[C@@](C)(CC)C1=O. The van der Waals surface area contributed by atoms with Crippen LogP contribution in [0.25, 0.3) is 0 Å². The molecule has 1 aliphatic rings. The number of carbonyl (C=O) groups excluding carboxylic acids is 1. The van der Waals surface area contributed by atoms with E-state index in [-0.39, 0.29) is 5.78 Å². The molecule has 0 aromatic heterocycles. The number of rotatable bonds is 2. The second kappa shape index (κ2) is 2.64. The van der Waals surface area contributed by atoms with E-state index in [4.69, 9.17) is 0 Å². The summed E-state index contributed by atoms with van der Waals surface area (Å²) in [6.07, 6.45) is 1.48. The highest BCUT2D eigenvalue weighted by Gasteiger charge is 2.48. The molecule has 0 aliphatic carbocycles. The Bertz CT molecular complexity index is 215. The van der Waals surface area contributed by atoms with Crippen molar-refractivity contribution in [2.45, 2.75) is 51.6 Å². The molecule has 0 spiro atoms. The fourth-order valence-electron chi connectivity index (χ4n) is 1.35. The number of hydrogen-bond donors (Lipinski definition) is 0. The average Bonchev–Trinajstić information content (AvgIpc) is 2.32. The standard InChI is InChI=1S/C9H16N2O/c1-5-8(3)7(12)9(4,6-2)11-10-8/h5-6H2,1-4H3/t8-,9+. The quantitative estimate of drug-likeness (QED) is 0.624. The highest BCUT2D eigenvalue weighted by Crippen LogP contribution is 2.35. The fourth-order valence-corrected chi connectivity index (χ4v) is 1.35. The molecule has 0 amide bonds. The third-order valence-corrected chi connectivity index (χ3v) is 2.85. The smallest absolute Gasteiger partial charge is 0.190 e. The van der Waals surface area contributed by atoms with Crippen LogP contribution in [-0.4, -0.2) is 16.9 Å². The van der Waals surface area contributed by atoms with Gasteiger partial charge >= 0.3 is 0 Å². The van der Waals surface area contributed by atoms with Crippen molar-refractivity contribution < 1.29 is 4.79 Å². The van der Waals surface area contributed by atoms with Gasteiger partial charge < -0.3 is 0 Å². The summed E-state index contributed by atoms with van der Waals surface area (Å²) in [7, 11) is 0. The first-order valence-corrected chi connectivity index (χ1v) is 4.47. The lowest BCUT2D eigenvalue weighted by Gasteiger charge is -2.20. The fraction of sp³-hybridized carbons (Fsp3) is 0.889. The molecule has 12 heavy (non-hydrogen) atoms. The summed E-state index contributed by atoms with van der Waals surface area (Å²) in [6, 6.07) is 0. The minimum atomic E-state index is -0.551. The van der Waals surface area contributed by atoms with Gasteiger partial charge in [0.25, 0.3) is 0 Å². The molecule has 0 fully saturated rings.